The van der Waals surface area contributed by atoms with E-state index in [9.17, 15) is 18.3 Å². The van der Waals surface area contributed by atoms with E-state index >= 15 is 0 Å². The smallest absolute Gasteiger partial charge is 0.251 e. The van der Waals surface area contributed by atoms with E-state index in [0.29, 0.717) is 18.7 Å². The lowest BCUT2D eigenvalue weighted by atomic mass is 10.0. The Bertz CT molecular complexity index is 1600. The van der Waals surface area contributed by atoms with Gasteiger partial charge in [0.15, 0.2) is 0 Å². The summed E-state index contributed by atoms with van der Waals surface area (Å²) in [7, 11) is -0.758. The van der Waals surface area contributed by atoms with Crippen molar-refractivity contribution in [2.24, 2.45) is 0 Å². The van der Waals surface area contributed by atoms with E-state index in [2.05, 4.69) is 15.4 Å². The number of aliphatic hydroxyl groups is 1. The minimum atomic E-state index is -3.91. The van der Waals surface area contributed by atoms with Crippen LogP contribution in [0.1, 0.15) is 27.0 Å². The third kappa shape index (κ3) is 9.39. The first-order chi connectivity index (χ1) is 20.8. The first-order valence-corrected chi connectivity index (χ1v) is 15.3. The van der Waals surface area contributed by atoms with Crippen LogP contribution in [-0.4, -0.2) is 52.3 Å². The Morgan fingerprint density at radius 1 is 0.767 bits per heavy atom. The van der Waals surface area contributed by atoms with Crippen molar-refractivity contribution in [2.45, 2.75) is 36.6 Å². The summed E-state index contributed by atoms with van der Waals surface area (Å²) in [6.07, 6.45) is -0.541. The van der Waals surface area contributed by atoms with Crippen LogP contribution in [0.5, 0.6) is 11.5 Å². The van der Waals surface area contributed by atoms with Crippen LogP contribution in [0.15, 0.2) is 108 Å². The van der Waals surface area contributed by atoms with Crippen LogP contribution in [0, 0.1) is 0 Å². The van der Waals surface area contributed by atoms with Gasteiger partial charge in [-0.25, -0.2) is 13.1 Å². The summed E-state index contributed by atoms with van der Waals surface area (Å²) in [5.41, 5.74) is 2.83. The van der Waals surface area contributed by atoms with Crippen molar-refractivity contribution in [1.29, 1.82) is 0 Å². The summed E-state index contributed by atoms with van der Waals surface area (Å²) in [4.78, 5) is 13.3. The molecular formula is C33H37N3O6S. The van der Waals surface area contributed by atoms with Gasteiger partial charge in [0, 0.05) is 25.2 Å². The SMILES string of the molecule is COc1cccc(CNCC(O)C(Cc2ccccc2)NC(=O)c2cccc(S(=O)(=O)NCc3cccc(OC)c3)c2)c1. The van der Waals surface area contributed by atoms with E-state index in [1.165, 1.54) is 18.2 Å². The molecule has 0 aliphatic heterocycles. The maximum absolute atomic E-state index is 13.4. The van der Waals surface area contributed by atoms with Gasteiger partial charge in [0.1, 0.15) is 11.5 Å². The monoisotopic (exact) mass is 603 g/mol. The van der Waals surface area contributed by atoms with Crippen LogP contribution in [-0.2, 0) is 29.5 Å². The number of methoxy groups -OCH3 is 2. The van der Waals surface area contributed by atoms with Gasteiger partial charge in [-0.2, -0.15) is 0 Å². The molecule has 1 amide bonds. The van der Waals surface area contributed by atoms with Crippen molar-refractivity contribution < 1.29 is 27.8 Å². The zero-order valence-corrected chi connectivity index (χ0v) is 25.0. The Hall–Kier alpha value is -4.22. The van der Waals surface area contributed by atoms with Crippen molar-refractivity contribution >= 4 is 15.9 Å². The number of rotatable bonds is 15. The molecule has 2 unspecified atom stereocenters. The predicted octanol–water partition coefficient (Wildman–Crippen LogP) is 3.67. The molecule has 4 N–H and O–H groups in total. The van der Waals surface area contributed by atoms with Gasteiger partial charge in [-0.1, -0.05) is 60.7 Å². The molecule has 0 bridgehead atoms. The third-order valence-corrected chi connectivity index (χ3v) is 8.30. The lowest BCUT2D eigenvalue weighted by molar-refractivity contribution is 0.0829. The standard InChI is InChI=1S/C33H37N3O6S/c1-41-28-14-6-11-25(17-28)21-34-23-32(37)31(19-24-9-4-3-5-10-24)36-33(38)27-13-8-16-30(20-27)43(39,40)35-22-26-12-7-15-29(18-26)42-2/h3-18,20,31-32,34-35,37H,19,21-23H2,1-2H3,(H,36,38). The molecule has 4 aromatic rings. The minimum absolute atomic E-state index is 0.0387. The second kappa shape index (κ2) is 15.3. The first-order valence-electron chi connectivity index (χ1n) is 13.9. The van der Waals surface area contributed by atoms with Crippen molar-refractivity contribution in [2.75, 3.05) is 20.8 Å². The number of sulfonamides is 1. The molecule has 43 heavy (non-hydrogen) atoms. The predicted molar refractivity (Wildman–Crippen MR) is 166 cm³/mol. The Balaban J connectivity index is 1.43. The number of benzene rings is 4. The van der Waals surface area contributed by atoms with Crippen LogP contribution in [0.4, 0.5) is 0 Å². The molecule has 10 heteroatoms. The lowest BCUT2D eigenvalue weighted by Gasteiger charge is -2.25. The Labute approximate surface area is 252 Å². The van der Waals surface area contributed by atoms with E-state index in [1.54, 1.807) is 44.6 Å². The number of nitrogens with one attached hydrogen (secondary N) is 3. The number of amides is 1. The topological polar surface area (TPSA) is 126 Å². The van der Waals surface area contributed by atoms with Gasteiger partial charge in [0.05, 0.1) is 31.3 Å². The zero-order chi connectivity index (χ0) is 30.7. The second-order valence-corrected chi connectivity index (χ2v) is 11.8. The molecule has 0 radical (unpaired) electrons. The van der Waals surface area contributed by atoms with E-state index < -0.39 is 28.1 Å². The maximum atomic E-state index is 13.4. The van der Waals surface area contributed by atoms with Crippen molar-refractivity contribution in [3.63, 3.8) is 0 Å². The van der Waals surface area contributed by atoms with Crippen LogP contribution in [0.3, 0.4) is 0 Å². The van der Waals surface area contributed by atoms with E-state index in [1.807, 2.05) is 54.6 Å². The average Bonchev–Trinajstić information content (AvgIpc) is 3.04. The van der Waals surface area contributed by atoms with Gasteiger partial charge in [-0.15, -0.1) is 0 Å². The van der Waals surface area contributed by atoms with Gasteiger partial charge in [-0.3, -0.25) is 4.79 Å². The van der Waals surface area contributed by atoms with Gasteiger partial charge in [0.2, 0.25) is 10.0 Å². The number of carbonyl (C=O) groups is 1. The van der Waals surface area contributed by atoms with Crippen LogP contribution in [0.2, 0.25) is 0 Å². The summed E-state index contributed by atoms with van der Waals surface area (Å²) in [5, 5.41) is 17.3. The van der Waals surface area contributed by atoms with Crippen LogP contribution < -0.4 is 24.8 Å². The highest BCUT2D eigenvalue weighted by molar-refractivity contribution is 7.89. The molecule has 0 fully saturated rings. The number of aliphatic hydroxyl groups excluding tert-OH is 1. The number of carbonyl (C=O) groups excluding carboxylic acids is 1. The van der Waals surface area contributed by atoms with Crippen LogP contribution >= 0.6 is 0 Å². The number of ether oxygens (including phenoxy) is 2. The molecule has 4 rings (SSSR count). The molecule has 0 spiro atoms. The molecule has 0 aliphatic carbocycles. The first kappa shape index (κ1) is 31.7. The molecule has 0 heterocycles. The van der Waals surface area contributed by atoms with E-state index in [-0.39, 0.29) is 23.5 Å². The molecule has 226 valence electrons. The zero-order valence-electron chi connectivity index (χ0n) is 24.2. The second-order valence-electron chi connectivity index (χ2n) is 10.0. The molecule has 9 nitrogen and oxygen atoms in total. The summed E-state index contributed by atoms with van der Waals surface area (Å²) in [5.74, 6) is 0.879. The van der Waals surface area contributed by atoms with Gasteiger partial charge >= 0.3 is 0 Å². The lowest BCUT2D eigenvalue weighted by Crippen LogP contribution is -2.48. The molecule has 4 aromatic carbocycles. The molecule has 0 saturated heterocycles. The summed E-state index contributed by atoms with van der Waals surface area (Å²) < 4.78 is 39.2. The molecule has 0 saturated carbocycles. The molecule has 0 aromatic heterocycles. The number of hydrogen-bond acceptors (Lipinski definition) is 7. The quantitative estimate of drug-likeness (QED) is 0.163. The molecule has 0 aliphatic rings. The largest absolute Gasteiger partial charge is 0.497 e. The Kier molecular flexibility index (Phi) is 11.3. The fraction of sp³-hybridized carbons (Fsp3) is 0.242. The number of hydrogen-bond donors (Lipinski definition) is 4. The van der Waals surface area contributed by atoms with Crippen molar-refractivity contribution in [1.82, 2.24) is 15.4 Å². The molecular weight excluding hydrogens is 566 g/mol. The maximum Gasteiger partial charge on any atom is 0.251 e. The summed E-state index contributed by atoms with van der Waals surface area (Å²) in [6, 6.07) is 29.5. The van der Waals surface area contributed by atoms with Gasteiger partial charge < -0.3 is 25.2 Å². The van der Waals surface area contributed by atoms with E-state index in [4.69, 9.17) is 9.47 Å². The van der Waals surface area contributed by atoms with Gasteiger partial charge in [-0.05, 0) is 65.6 Å². The average molecular weight is 604 g/mol. The van der Waals surface area contributed by atoms with E-state index in [0.717, 1.165) is 22.4 Å². The molecule has 2 atom stereocenters. The summed E-state index contributed by atoms with van der Waals surface area (Å²) >= 11 is 0. The van der Waals surface area contributed by atoms with Crippen molar-refractivity contribution in [3.05, 3.63) is 125 Å². The highest BCUT2D eigenvalue weighted by Gasteiger charge is 2.23. The normalized spacial score (nSPS) is 12.7. The van der Waals surface area contributed by atoms with Crippen LogP contribution in [0.25, 0.3) is 0 Å². The van der Waals surface area contributed by atoms with Crippen molar-refractivity contribution in [3.8, 4) is 11.5 Å². The Morgan fingerprint density at radius 2 is 1.37 bits per heavy atom. The fourth-order valence-electron chi connectivity index (χ4n) is 4.54. The third-order valence-electron chi connectivity index (χ3n) is 6.90. The highest BCUT2D eigenvalue weighted by atomic mass is 32.2. The summed E-state index contributed by atoms with van der Waals surface area (Å²) in [6.45, 7) is 0.782. The fourth-order valence-corrected chi connectivity index (χ4v) is 5.60. The highest BCUT2D eigenvalue weighted by Crippen LogP contribution is 2.16. The van der Waals surface area contributed by atoms with Gasteiger partial charge in [0.25, 0.3) is 5.91 Å². The Morgan fingerprint density at radius 3 is 2.02 bits per heavy atom. The minimum Gasteiger partial charge on any atom is -0.497 e.